The molecule has 0 atom stereocenters. The summed E-state index contributed by atoms with van der Waals surface area (Å²) >= 11 is 6.66. The van der Waals surface area contributed by atoms with Crippen molar-refractivity contribution in [2.24, 2.45) is 0 Å². The first-order chi connectivity index (χ1) is 10.00. The van der Waals surface area contributed by atoms with Crippen LogP contribution in [0.3, 0.4) is 0 Å². The van der Waals surface area contributed by atoms with Crippen LogP contribution in [0.5, 0.6) is 0 Å². The predicted molar refractivity (Wildman–Crippen MR) is 86.6 cm³/mol. The van der Waals surface area contributed by atoms with Gasteiger partial charge in [-0.2, -0.15) is 0 Å². The molecular formula is C16H12Br2FNO. The molecule has 21 heavy (non-hydrogen) atoms. The van der Waals surface area contributed by atoms with Gasteiger partial charge in [-0.05, 0) is 48.7 Å². The van der Waals surface area contributed by atoms with E-state index < -0.39 is 5.82 Å². The number of hydrogen-bond donors (Lipinski definition) is 1. The predicted octanol–water partition coefficient (Wildman–Crippen LogP) is 4.77. The van der Waals surface area contributed by atoms with Crippen LogP contribution in [0.2, 0.25) is 0 Å². The first-order valence-electron chi connectivity index (χ1n) is 6.54. The summed E-state index contributed by atoms with van der Waals surface area (Å²) < 4.78 is 15.5. The zero-order chi connectivity index (χ0) is 15.0. The highest BCUT2D eigenvalue weighted by atomic mass is 79.9. The normalized spacial score (nSPS) is 15.6. The maximum Gasteiger partial charge on any atom is 0.254 e. The fourth-order valence-corrected chi connectivity index (χ4v) is 2.96. The molecule has 2 aromatic rings. The molecular weight excluding hydrogens is 401 g/mol. The Bertz CT molecular complexity index is 696. The van der Waals surface area contributed by atoms with Crippen LogP contribution < -0.4 is 5.32 Å². The van der Waals surface area contributed by atoms with Crippen molar-refractivity contribution < 1.29 is 9.18 Å². The van der Waals surface area contributed by atoms with Gasteiger partial charge < -0.3 is 5.32 Å². The Morgan fingerprint density at radius 2 is 1.67 bits per heavy atom. The monoisotopic (exact) mass is 411 g/mol. The summed E-state index contributed by atoms with van der Waals surface area (Å²) in [6.07, 6.45) is 1.74. The van der Waals surface area contributed by atoms with E-state index in [1.165, 1.54) is 12.1 Å². The average molecular weight is 413 g/mol. The molecule has 0 saturated heterocycles. The Kier molecular flexibility index (Phi) is 3.88. The summed E-state index contributed by atoms with van der Waals surface area (Å²) in [5, 5.41) is 2.97. The zero-order valence-corrected chi connectivity index (χ0v) is 14.2. The van der Waals surface area contributed by atoms with Crippen molar-refractivity contribution in [3.63, 3.8) is 0 Å². The Hall–Kier alpha value is -1.20. The SMILES string of the molecule is O=C(NC1(c2ccc(Br)cc2)CC1)c1cc(Br)ccc1F. The molecule has 1 saturated carbocycles. The highest BCUT2D eigenvalue weighted by molar-refractivity contribution is 9.10. The summed E-state index contributed by atoms with van der Waals surface area (Å²) in [5.74, 6) is -0.892. The molecule has 1 N–H and O–H groups in total. The molecule has 5 heteroatoms. The first kappa shape index (κ1) is 14.7. The van der Waals surface area contributed by atoms with E-state index in [1.54, 1.807) is 6.07 Å². The van der Waals surface area contributed by atoms with Crippen LogP contribution in [-0.2, 0) is 5.54 Å². The number of rotatable bonds is 3. The summed E-state index contributed by atoms with van der Waals surface area (Å²) in [6.45, 7) is 0. The van der Waals surface area contributed by atoms with Crippen molar-refractivity contribution in [1.82, 2.24) is 5.32 Å². The van der Waals surface area contributed by atoms with Crippen LogP contribution in [-0.4, -0.2) is 5.91 Å². The molecule has 1 aliphatic carbocycles. The molecule has 2 aromatic carbocycles. The van der Waals surface area contributed by atoms with Gasteiger partial charge in [0.1, 0.15) is 5.82 Å². The van der Waals surface area contributed by atoms with E-state index in [0.29, 0.717) is 4.47 Å². The van der Waals surface area contributed by atoms with Gasteiger partial charge in [0.2, 0.25) is 0 Å². The van der Waals surface area contributed by atoms with Crippen molar-refractivity contribution >= 4 is 37.8 Å². The minimum atomic E-state index is -0.512. The molecule has 1 aliphatic rings. The Labute approximate surface area is 139 Å². The third-order valence-electron chi connectivity index (χ3n) is 3.67. The van der Waals surface area contributed by atoms with E-state index in [-0.39, 0.29) is 17.0 Å². The maximum absolute atomic E-state index is 13.8. The van der Waals surface area contributed by atoms with Gasteiger partial charge in [0.05, 0.1) is 11.1 Å². The largest absolute Gasteiger partial charge is 0.342 e. The first-order valence-corrected chi connectivity index (χ1v) is 8.12. The quantitative estimate of drug-likeness (QED) is 0.772. The van der Waals surface area contributed by atoms with Gasteiger partial charge in [-0.3, -0.25) is 4.79 Å². The highest BCUT2D eigenvalue weighted by Crippen LogP contribution is 2.46. The molecule has 2 nitrogen and oxygen atoms in total. The smallest absolute Gasteiger partial charge is 0.254 e. The number of carbonyl (C=O) groups is 1. The van der Waals surface area contributed by atoms with Crippen LogP contribution in [0.1, 0.15) is 28.8 Å². The highest BCUT2D eigenvalue weighted by Gasteiger charge is 2.45. The van der Waals surface area contributed by atoms with E-state index in [2.05, 4.69) is 37.2 Å². The second-order valence-electron chi connectivity index (χ2n) is 5.17. The molecule has 0 bridgehead atoms. The Morgan fingerprint density at radius 1 is 1.05 bits per heavy atom. The maximum atomic E-state index is 13.8. The fraction of sp³-hybridized carbons (Fsp3) is 0.188. The lowest BCUT2D eigenvalue weighted by Gasteiger charge is -2.18. The summed E-state index contributed by atoms with van der Waals surface area (Å²) in [4.78, 5) is 12.3. The van der Waals surface area contributed by atoms with Crippen molar-refractivity contribution in [1.29, 1.82) is 0 Å². The van der Waals surface area contributed by atoms with Crippen LogP contribution in [0.25, 0.3) is 0 Å². The van der Waals surface area contributed by atoms with Crippen molar-refractivity contribution in [3.05, 3.63) is 68.4 Å². The molecule has 1 fully saturated rings. The van der Waals surface area contributed by atoms with Gasteiger partial charge in [0.15, 0.2) is 0 Å². The van der Waals surface area contributed by atoms with Crippen LogP contribution >= 0.6 is 31.9 Å². The zero-order valence-electron chi connectivity index (χ0n) is 11.0. The van der Waals surface area contributed by atoms with Crippen molar-refractivity contribution in [2.75, 3.05) is 0 Å². The lowest BCUT2D eigenvalue weighted by atomic mass is 10.0. The summed E-state index contributed by atoms with van der Waals surface area (Å²) in [5.41, 5.74) is 0.759. The number of amides is 1. The van der Waals surface area contributed by atoms with E-state index in [4.69, 9.17) is 0 Å². The third-order valence-corrected chi connectivity index (χ3v) is 4.69. The minimum Gasteiger partial charge on any atom is -0.342 e. The molecule has 0 aliphatic heterocycles. The van der Waals surface area contributed by atoms with Crippen LogP contribution in [0, 0.1) is 5.82 Å². The molecule has 0 aromatic heterocycles. The van der Waals surface area contributed by atoms with E-state index >= 15 is 0 Å². The van der Waals surface area contributed by atoms with Gasteiger partial charge in [-0.1, -0.05) is 44.0 Å². The number of benzene rings is 2. The van der Waals surface area contributed by atoms with Crippen LogP contribution in [0.15, 0.2) is 51.4 Å². The van der Waals surface area contributed by atoms with Crippen molar-refractivity contribution in [3.8, 4) is 0 Å². The lowest BCUT2D eigenvalue weighted by Crippen LogP contribution is -2.35. The molecule has 1 amide bonds. The Morgan fingerprint density at radius 3 is 2.29 bits per heavy atom. The minimum absolute atomic E-state index is 0.0627. The van der Waals surface area contributed by atoms with Gasteiger partial charge >= 0.3 is 0 Å². The second-order valence-corrected chi connectivity index (χ2v) is 7.00. The molecule has 0 heterocycles. The Balaban J connectivity index is 1.84. The number of halogens is 3. The number of nitrogens with one attached hydrogen (secondary N) is 1. The number of carbonyl (C=O) groups excluding carboxylic acids is 1. The summed E-state index contributed by atoms with van der Waals surface area (Å²) in [6, 6.07) is 12.2. The van der Waals surface area contributed by atoms with Crippen LogP contribution in [0.4, 0.5) is 4.39 Å². The van der Waals surface area contributed by atoms with Gasteiger partial charge in [-0.25, -0.2) is 4.39 Å². The third kappa shape index (κ3) is 3.04. The lowest BCUT2D eigenvalue weighted by molar-refractivity contribution is 0.0926. The topological polar surface area (TPSA) is 29.1 Å². The summed E-state index contributed by atoms with van der Waals surface area (Å²) in [7, 11) is 0. The van der Waals surface area contributed by atoms with E-state index in [9.17, 15) is 9.18 Å². The molecule has 0 spiro atoms. The molecule has 108 valence electrons. The van der Waals surface area contributed by atoms with Gasteiger partial charge in [0, 0.05) is 8.95 Å². The molecule has 0 unspecified atom stereocenters. The average Bonchev–Trinajstić information content (AvgIpc) is 3.23. The number of hydrogen-bond acceptors (Lipinski definition) is 1. The second kappa shape index (κ2) is 5.54. The molecule has 0 radical (unpaired) electrons. The standard InChI is InChI=1S/C16H12Br2FNO/c17-11-3-1-10(2-4-11)16(7-8-16)20-15(21)13-9-12(18)5-6-14(13)19/h1-6,9H,7-8H2,(H,20,21). The van der Waals surface area contributed by atoms with Gasteiger partial charge in [0.25, 0.3) is 5.91 Å². The van der Waals surface area contributed by atoms with E-state index in [1.807, 2.05) is 24.3 Å². The van der Waals surface area contributed by atoms with Crippen molar-refractivity contribution in [2.45, 2.75) is 18.4 Å². The van der Waals surface area contributed by atoms with E-state index in [0.717, 1.165) is 22.9 Å². The molecule has 3 rings (SSSR count). The fourth-order valence-electron chi connectivity index (χ4n) is 2.34. The van der Waals surface area contributed by atoms with Gasteiger partial charge in [-0.15, -0.1) is 0 Å².